The van der Waals surface area contributed by atoms with Gasteiger partial charge in [0.15, 0.2) is 0 Å². The van der Waals surface area contributed by atoms with Crippen LogP contribution in [-0.2, 0) is 14.8 Å². The Morgan fingerprint density at radius 1 is 1.40 bits per heavy atom. The van der Waals surface area contributed by atoms with Crippen LogP contribution >= 0.6 is 11.3 Å². The zero-order chi connectivity index (χ0) is 18.6. The molecule has 11 heteroatoms. The van der Waals surface area contributed by atoms with Crippen LogP contribution in [0, 0.1) is 10.1 Å². The summed E-state index contributed by atoms with van der Waals surface area (Å²) in [5.41, 5.74) is 0.0206. The Hall–Kier alpha value is -2.50. The first-order valence-corrected chi connectivity index (χ1v) is 9.20. The van der Waals surface area contributed by atoms with E-state index in [0.717, 1.165) is 15.6 Å². The highest BCUT2D eigenvalue weighted by Gasteiger charge is 2.24. The predicted molar refractivity (Wildman–Crippen MR) is 92.4 cm³/mol. The second-order valence-electron chi connectivity index (χ2n) is 4.88. The third-order valence-electron chi connectivity index (χ3n) is 3.20. The van der Waals surface area contributed by atoms with E-state index in [9.17, 15) is 23.3 Å². The van der Waals surface area contributed by atoms with Gasteiger partial charge in [0.25, 0.3) is 15.7 Å². The molecule has 1 N–H and O–H groups in total. The van der Waals surface area contributed by atoms with Crippen molar-refractivity contribution in [3.63, 3.8) is 0 Å². The number of sulfonamides is 1. The van der Waals surface area contributed by atoms with Crippen molar-refractivity contribution in [1.29, 1.82) is 0 Å². The fraction of sp³-hybridized carbons (Fsp3) is 0.214. The van der Waals surface area contributed by atoms with Crippen LogP contribution in [0.15, 0.2) is 39.9 Å². The number of methoxy groups -OCH3 is 1. The fourth-order valence-electron chi connectivity index (χ4n) is 1.94. The average Bonchev–Trinajstić information content (AvgIpc) is 3.10. The summed E-state index contributed by atoms with van der Waals surface area (Å²) in [6.07, 6.45) is 0. The number of ether oxygens (including phenoxy) is 1. The van der Waals surface area contributed by atoms with Crippen LogP contribution in [0.2, 0.25) is 0 Å². The first kappa shape index (κ1) is 18.8. The van der Waals surface area contributed by atoms with Crippen LogP contribution < -0.4 is 10.1 Å². The Labute approximate surface area is 148 Å². The molecule has 134 valence electrons. The number of carbonyl (C=O) groups is 1. The predicted octanol–water partition coefficient (Wildman–Crippen LogP) is 1.92. The van der Waals surface area contributed by atoms with Crippen molar-refractivity contribution in [2.75, 3.05) is 26.0 Å². The molecule has 2 rings (SSSR count). The molecule has 0 spiro atoms. The van der Waals surface area contributed by atoms with Crippen molar-refractivity contribution in [2.45, 2.75) is 4.21 Å². The molecule has 1 heterocycles. The summed E-state index contributed by atoms with van der Waals surface area (Å²) < 4.78 is 30.6. The number of nitrogens with zero attached hydrogens (tertiary/aromatic N) is 2. The van der Waals surface area contributed by atoms with Crippen LogP contribution in [0.5, 0.6) is 5.75 Å². The normalized spacial score (nSPS) is 11.3. The molecular formula is C14H15N3O6S2. The number of anilines is 1. The third-order valence-corrected chi connectivity index (χ3v) is 6.37. The Morgan fingerprint density at radius 2 is 2.12 bits per heavy atom. The highest BCUT2D eigenvalue weighted by molar-refractivity contribution is 7.91. The molecule has 0 aliphatic rings. The van der Waals surface area contributed by atoms with Crippen LogP contribution in [-0.4, -0.2) is 44.3 Å². The van der Waals surface area contributed by atoms with Gasteiger partial charge in [-0.3, -0.25) is 14.9 Å². The third kappa shape index (κ3) is 4.32. The van der Waals surface area contributed by atoms with E-state index in [1.54, 1.807) is 11.4 Å². The first-order valence-electron chi connectivity index (χ1n) is 6.88. The Balaban J connectivity index is 2.11. The molecule has 9 nitrogen and oxygen atoms in total. The molecule has 1 amide bonds. The number of nitro groups is 1. The number of rotatable bonds is 7. The van der Waals surface area contributed by atoms with Gasteiger partial charge in [0, 0.05) is 13.1 Å². The van der Waals surface area contributed by atoms with Gasteiger partial charge in [-0.05, 0) is 17.5 Å². The van der Waals surface area contributed by atoms with Crippen molar-refractivity contribution in [2.24, 2.45) is 0 Å². The molecule has 0 saturated heterocycles. The topological polar surface area (TPSA) is 119 Å². The molecule has 0 aliphatic carbocycles. The lowest BCUT2D eigenvalue weighted by atomic mass is 10.2. The molecule has 0 fully saturated rings. The van der Waals surface area contributed by atoms with E-state index in [0.29, 0.717) is 0 Å². The van der Waals surface area contributed by atoms with Crippen molar-refractivity contribution in [3.8, 4) is 5.75 Å². The minimum Gasteiger partial charge on any atom is -0.494 e. The number of non-ortho nitro benzene ring substituents is 1. The molecule has 0 saturated carbocycles. The van der Waals surface area contributed by atoms with Crippen LogP contribution in [0.25, 0.3) is 0 Å². The minimum absolute atomic E-state index is 0.103. The number of thiophene rings is 1. The molecule has 2 aromatic rings. The van der Waals surface area contributed by atoms with Crippen molar-refractivity contribution >= 4 is 38.6 Å². The summed E-state index contributed by atoms with van der Waals surface area (Å²) >= 11 is 1.05. The van der Waals surface area contributed by atoms with Crippen molar-refractivity contribution in [3.05, 3.63) is 45.8 Å². The van der Waals surface area contributed by atoms with Crippen LogP contribution in [0.4, 0.5) is 11.4 Å². The second kappa shape index (κ2) is 7.59. The Kier molecular flexibility index (Phi) is 5.72. The molecule has 1 aromatic heterocycles. The molecule has 0 bridgehead atoms. The Bertz CT molecular complexity index is 880. The van der Waals surface area contributed by atoms with E-state index in [1.807, 2.05) is 0 Å². The SMILES string of the molecule is COc1cc([N+](=O)[O-])ccc1NC(=O)CN(C)S(=O)(=O)c1cccs1. The molecule has 0 aliphatic heterocycles. The number of hydrogen-bond donors (Lipinski definition) is 1. The van der Waals surface area contributed by atoms with Gasteiger partial charge in [-0.2, -0.15) is 4.31 Å². The van der Waals surface area contributed by atoms with Gasteiger partial charge in [0.1, 0.15) is 9.96 Å². The summed E-state index contributed by atoms with van der Waals surface area (Å²) in [4.78, 5) is 22.3. The highest BCUT2D eigenvalue weighted by Crippen LogP contribution is 2.29. The maximum absolute atomic E-state index is 12.3. The largest absolute Gasteiger partial charge is 0.494 e. The molecule has 25 heavy (non-hydrogen) atoms. The van der Waals surface area contributed by atoms with Crippen LogP contribution in [0.1, 0.15) is 0 Å². The van der Waals surface area contributed by atoms with E-state index in [-0.39, 0.29) is 21.3 Å². The lowest BCUT2D eigenvalue weighted by molar-refractivity contribution is -0.384. The van der Waals surface area contributed by atoms with Gasteiger partial charge in [0.2, 0.25) is 5.91 Å². The summed E-state index contributed by atoms with van der Waals surface area (Å²) in [6.45, 7) is -0.416. The smallest absolute Gasteiger partial charge is 0.273 e. The van der Waals surface area contributed by atoms with Crippen molar-refractivity contribution in [1.82, 2.24) is 4.31 Å². The summed E-state index contributed by atoms with van der Waals surface area (Å²) in [5, 5.41) is 14.9. The number of hydrogen-bond acceptors (Lipinski definition) is 7. The summed E-state index contributed by atoms with van der Waals surface area (Å²) in [5.74, 6) is -0.499. The number of nitro benzene ring substituents is 1. The zero-order valence-electron chi connectivity index (χ0n) is 13.3. The van der Waals surface area contributed by atoms with E-state index in [4.69, 9.17) is 4.74 Å². The van der Waals surface area contributed by atoms with Gasteiger partial charge in [-0.25, -0.2) is 8.42 Å². The quantitative estimate of drug-likeness (QED) is 0.574. The van der Waals surface area contributed by atoms with Crippen LogP contribution in [0.3, 0.4) is 0 Å². The van der Waals surface area contributed by atoms with E-state index < -0.39 is 27.4 Å². The maximum atomic E-state index is 12.3. The number of amides is 1. The molecule has 0 radical (unpaired) electrons. The Morgan fingerprint density at radius 3 is 2.68 bits per heavy atom. The highest BCUT2D eigenvalue weighted by atomic mass is 32.2. The molecule has 0 atom stereocenters. The standard InChI is InChI=1S/C14H15N3O6S2/c1-16(25(21,22)14-4-3-7-24-14)9-13(18)15-11-6-5-10(17(19)20)8-12(11)23-2/h3-8H,9H2,1-2H3,(H,15,18). The minimum atomic E-state index is -3.75. The lowest BCUT2D eigenvalue weighted by Crippen LogP contribution is -2.34. The first-order chi connectivity index (χ1) is 11.8. The fourth-order valence-corrected chi connectivity index (χ4v) is 4.27. The van der Waals surface area contributed by atoms with Gasteiger partial charge in [-0.1, -0.05) is 6.07 Å². The molecule has 0 unspecified atom stereocenters. The molecule has 1 aromatic carbocycles. The maximum Gasteiger partial charge on any atom is 0.273 e. The summed E-state index contributed by atoms with van der Waals surface area (Å²) in [6, 6.07) is 6.76. The van der Waals surface area contributed by atoms with E-state index in [2.05, 4.69) is 5.32 Å². The monoisotopic (exact) mass is 385 g/mol. The summed E-state index contributed by atoms with van der Waals surface area (Å²) in [7, 11) is -1.15. The lowest BCUT2D eigenvalue weighted by Gasteiger charge is -2.16. The van der Waals surface area contributed by atoms with E-state index in [1.165, 1.54) is 38.4 Å². The van der Waals surface area contributed by atoms with Gasteiger partial charge < -0.3 is 10.1 Å². The second-order valence-corrected chi connectivity index (χ2v) is 8.10. The van der Waals surface area contributed by atoms with Gasteiger partial charge >= 0.3 is 0 Å². The number of benzene rings is 1. The van der Waals surface area contributed by atoms with Gasteiger partial charge in [-0.15, -0.1) is 11.3 Å². The molecular weight excluding hydrogens is 370 g/mol. The number of nitrogens with one attached hydrogen (secondary N) is 1. The number of likely N-dealkylation sites (N-methyl/N-ethyl adjacent to an activating group) is 1. The van der Waals surface area contributed by atoms with Crippen molar-refractivity contribution < 1.29 is 22.9 Å². The van der Waals surface area contributed by atoms with E-state index >= 15 is 0 Å². The zero-order valence-corrected chi connectivity index (χ0v) is 15.0. The number of carbonyl (C=O) groups excluding carboxylic acids is 1. The average molecular weight is 385 g/mol. The van der Waals surface area contributed by atoms with Gasteiger partial charge in [0.05, 0.1) is 30.3 Å².